The van der Waals surface area contributed by atoms with Crippen LogP contribution in [0.5, 0.6) is 0 Å². The number of benzene rings is 2. The zero-order chi connectivity index (χ0) is 20.0. The number of hydrogen-bond acceptors (Lipinski definition) is 3. The van der Waals surface area contributed by atoms with E-state index in [1.165, 1.54) is 11.6 Å². The summed E-state index contributed by atoms with van der Waals surface area (Å²) in [4.78, 5) is 27.5. The van der Waals surface area contributed by atoms with E-state index in [1.54, 1.807) is 7.05 Å². The molecule has 0 saturated carbocycles. The summed E-state index contributed by atoms with van der Waals surface area (Å²) in [7, 11) is 3.13. The summed E-state index contributed by atoms with van der Waals surface area (Å²) >= 11 is 5.66. The number of hydrogen-bond donors (Lipinski definition) is 1. The Labute approximate surface area is 167 Å². The van der Waals surface area contributed by atoms with Crippen molar-refractivity contribution in [1.29, 1.82) is 0 Å². The Bertz CT molecular complexity index is 1180. The van der Waals surface area contributed by atoms with Crippen LogP contribution in [0, 0.1) is 6.92 Å². The highest BCUT2D eigenvalue weighted by Crippen LogP contribution is 2.38. The first-order chi connectivity index (χ1) is 13.4. The maximum absolute atomic E-state index is 13.1. The van der Waals surface area contributed by atoms with E-state index in [4.69, 9.17) is 12.2 Å². The SMILES string of the molecule is Cc1ccc(N2C(=S)Nc3c(c(=O)n(C)c(=O)n3C)C2c2ccccc2)cc1. The Kier molecular flexibility index (Phi) is 4.39. The van der Waals surface area contributed by atoms with Crippen molar-refractivity contribution in [3.63, 3.8) is 0 Å². The largest absolute Gasteiger partial charge is 0.332 e. The molecule has 6 nitrogen and oxygen atoms in total. The molecule has 1 aliphatic heterocycles. The van der Waals surface area contributed by atoms with Crippen LogP contribution in [0.3, 0.4) is 0 Å². The summed E-state index contributed by atoms with van der Waals surface area (Å²) in [6, 6.07) is 17.3. The molecule has 1 unspecified atom stereocenters. The van der Waals surface area contributed by atoms with Gasteiger partial charge in [-0.15, -0.1) is 0 Å². The molecule has 4 rings (SSSR count). The minimum atomic E-state index is -0.446. The molecule has 0 aliphatic carbocycles. The van der Waals surface area contributed by atoms with E-state index < -0.39 is 11.7 Å². The average Bonchev–Trinajstić information content (AvgIpc) is 2.71. The van der Waals surface area contributed by atoms with Gasteiger partial charge in [0.05, 0.1) is 11.6 Å². The average molecular weight is 392 g/mol. The summed E-state index contributed by atoms with van der Waals surface area (Å²) in [5, 5.41) is 3.55. The van der Waals surface area contributed by atoms with Crippen molar-refractivity contribution >= 4 is 28.8 Å². The molecule has 28 heavy (non-hydrogen) atoms. The van der Waals surface area contributed by atoms with Crippen LogP contribution < -0.4 is 21.5 Å². The van der Waals surface area contributed by atoms with Gasteiger partial charge in [-0.2, -0.15) is 0 Å². The Morgan fingerprint density at radius 3 is 2.21 bits per heavy atom. The van der Waals surface area contributed by atoms with Crippen molar-refractivity contribution in [2.75, 3.05) is 10.2 Å². The zero-order valence-corrected chi connectivity index (χ0v) is 16.7. The second-order valence-electron chi connectivity index (χ2n) is 6.92. The van der Waals surface area contributed by atoms with Crippen LogP contribution in [0.4, 0.5) is 11.5 Å². The Morgan fingerprint density at radius 2 is 1.57 bits per heavy atom. The van der Waals surface area contributed by atoms with Crippen LogP contribution in [0.15, 0.2) is 64.2 Å². The van der Waals surface area contributed by atoms with Crippen LogP contribution >= 0.6 is 12.2 Å². The van der Waals surface area contributed by atoms with Crippen molar-refractivity contribution < 1.29 is 0 Å². The molecule has 0 amide bonds. The van der Waals surface area contributed by atoms with E-state index >= 15 is 0 Å². The van der Waals surface area contributed by atoms with Gasteiger partial charge < -0.3 is 10.2 Å². The highest BCUT2D eigenvalue weighted by molar-refractivity contribution is 7.80. The van der Waals surface area contributed by atoms with E-state index in [0.29, 0.717) is 16.5 Å². The van der Waals surface area contributed by atoms with Gasteiger partial charge >= 0.3 is 5.69 Å². The molecular formula is C21H20N4O2S. The number of anilines is 2. The lowest BCUT2D eigenvalue weighted by atomic mass is 9.96. The molecule has 142 valence electrons. The Hall–Kier alpha value is -3.19. The highest BCUT2D eigenvalue weighted by atomic mass is 32.1. The third kappa shape index (κ3) is 2.75. The predicted octanol–water partition coefficient (Wildman–Crippen LogP) is 2.70. The Morgan fingerprint density at radius 1 is 0.929 bits per heavy atom. The number of aromatic nitrogens is 2. The molecule has 1 atom stereocenters. The normalized spacial score (nSPS) is 15.9. The van der Waals surface area contributed by atoms with Crippen LogP contribution in [0.25, 0.3) is 0 Å². The third-order valence-corrected chi connectivity index (χ3v) is 5.40. The molecule has 0 spiro atoms. The van der Waals surface area contributed by atoms with Gasteiger partial charge in [-0.25, -0.2) is 4.79 Å². The monoisotopic (exact) mass is 392 g/mol. The molecule has 7 heteroatoms. The summed E-state index contributed by atoms with van der Waals surface area (Å²) < 4.78 is 2.57. The molecule has 1 aliphatic rings. The number of fused-ring (bicyclic) bond motifs is 1. The van der Waals surface area contributed by atoms with E-state index in [2.05, 4.69) is 5.32 Å². The molecule has 0 saturated heterocycles. The van der Waals surface area contributed by atoms with Gasteiger partial charge in [-0.1, -0.05) is 48.0 Å². The lowest BCUT2D eigenvalue weighted by Crippen LogP contribution is -2.51. The van der Waals surface area contributed by atoms with E-state index in [9.17, 15) is 9.59 Å². The van der Waals surface area contributed by atoms with Crippen LogP contribution in [0.1, 0.15) is 22.7 Å². The van der Waals surface area contributed by atoms with Gasteiger partial charge in [0, 0.05) is 19.8 Å². The molecule has 2 aromatic carbocycles. The highest BCUT2D eigenvalue weighted by Gasteiger charge is 2.37. The van der Waals surface area contributed by atoms with Gasteiger partial charge in [0.25, 0.3) is 5.56 Å². The molecule has 1 aromatic heterocycles. The first-order valence-electron chi connectivity index (χ1n) is 8.92. The summed E-state index contributed by atoms with van der Waals surface area (Å²) in [6.07, 6.45) is 0. The molecule has 0 radical (unpaired) electrons. The summed E-state index contributed by atoms with van der Waals surface area (Å²) in [5.74, 6) is 0.440. The van der Waals surface area contributed by atoms with E-state index in [-0.39, 0.29) is 5.56 Å². The van der Waals surface area contributed by atoms with Gasteiger partial charge in [0.15, 0.2) is 5.11 Å². The number of rotatable bonds is 2. The topological polar surface area (TPSA) is 59.3 Å². The first kappa shape index (κ1) is 18.2. The molecule has 0 fully saturated rings. The molecule has 3 aromatic rings. The van der Waals surface area contributed by atoms with Crippen LogP contribution in [0.2, 0.25) is 0 Å². The fraction of sp³-hybridized carbons (Fsp3) is 0.190. The van der Waals surface area contributed by atoms with Gasteiger partial charge in [-0.05, 0) is 36.8 Å². The fourth-order valence-corrected chi connectivity index (χ4v) is 3.91. The lowest BCUT2D eigenvalue weighted by Gasteiger charge is -2.39. The Balaban J connectivity index is 2.05. The van der Waals surface area contributed by atoms with Crippen molar-refractivity contribution in [2.24, 2.45) is 14.1 Å². The van der Waals surface area contributed by atoms with Gasteiger partial charge in [0.2, 0.25) is 0 Å². The molecule has 2 heterocycles. The maximum Gasteiger partial charge on any atom is 0.332 e. The summed E-state index contributed by atoms with van der Waals surface area (Å²) in [5.41, 5.74) is 2.69. The number of thiocarbonyl (C=S) groups is 1. The van der Waals surface area contributed by atoms with Crippen molar-refractivity contribution in [3.05, 3.63) is 92.1 Å². The number of aryl methyl sites for hydroxylation is 1. The van der Waals surface area contributed by atoms with Crippen molar-refractivity contribution in [2.45, 2.75) is 13.0 Å². The van der Waals surface area contributed by atoms with Gasteiger partial charge in [-0.3, -0.25) is 13.9 Å². The standard InChI is InChI=1S/C21H20N4O2S/c1-13-9-11-15(12-10-13)25-17(14-7-5-4-6-8-14)16-18(22-20(25)28)23(2)21(27)24(3)19(16)26/h4-12,17H,1-3H3,(H,22,28). The number of nitrogens with zero attached hydrogens (tertiary/aromatic N) is 3. The summed E-state index contributed by atoms with van der Waals surface area (Å²) in [6.45, 7) is 2.02. The second kappa shape index (κ2) is 6.76. The van der Waals surface area contributed by atoms with E-state index in [1.807, 2.05) is 66.4 Å². The lowest BCUT2D eigenvalue weighted by molar-refractivity contribution is 0.655. The number of nitrogens with one attached hydrogen (secondary N) is 1. The fourth-order valence-electron chi connectivity index (χ4n) is 3.60. The predicted molar refractivity (Wildman–Crippen MR) is 115 cm³/mol. The minimum Gasteiger partial charge on any atom is -0.318 e. The molecular weight excluding hydrogens is 372 g/mol. The molecule has 1 N–H and O–H groups in total. The molecule has 0 bridgehead atoms. The quantitative estimate of drug-likeness (QED) is 0.680. The second-order valence-corrected chi connectivity index (χ2v) is 7.30. The van der Waals surface area contributed by atoms with Crippen molar-refractivity contribution in [3.8, 4) is 0 Å². The smallest absolute Gasteiger partial charge is 0.318 e. The maximum atomic E-state index is 13.1. The zero-order valence-electron chi connectivity index (χ0n) is 15.8. The van der Waals surface area contributed by atoms with E-state index in [0.717, 1.165) is 21.4 Å². The third-order valence-electron chi connectivity index (χ3n) is 5.10. The minimum absolute atomic E-state index is 0.334. The first-order valence-corrected chi connectivity index (χ1v) is 9.32. The van der Waals surface area contributed by atoms with Gasteiger partial charge in [0.1, 0.15) is 5.82 Å². The van der Waals surface area contributed by atoms with Crippen molar-refractivity contribution in [1.82, 2.24) is 9.13 Å². The van der Waals surface area contributed by atoms with Crippen LogP contribution in [-0.2, 0) is 14.1 Å². The van der Waals surface area contributed by atoms with Crippen LogP contribution in [-0.4, -0.2) is 14.2 Å².